The lowest BCUT2D eigenvalue weighted by Crippen LogP contribution is -2.25. The van der Waals surface area contributed by atoms with Crippen molar-refractivity contribution < 1.29 is 4.74 Å². The summed E-state index contributed by atoms with van der Waals surface area (Å²) in [6.45, 7) is 5.04. The smallest absolute Gasteiger partial charge is 0.119 e. The second-order valence-electron chi connectivity index (χ2n) is 8.63. The van der Waals surface area contributed by atoms with Crippen molar-refractivity contribution in [2.45, 2.75) is 84.0 Å². The van der Waals surface area contributed by atoms with Crippen molar-refractivity contribution in [2.24, 2.45) is 17.8 Å². The first-order valence-electron chi connectivity index (χ1n) is 11.1. The predicted molar refractivity (Wildman–Crippen MR) is 112 cm³/mol. The van der Waals surface area contributed by atoms with Gasteiger partial charge >= 0.3 is 0 Å². The van der Waals surface area contributed by atoms with Crippen molar-refractivity contribution in [1.82, 2.24) is 0 Å². The molecular weight excluding hydrogens is 316 g/mol. The van der Waals surface area contributed by atoms with Crippen LogP contribution in [-0.4, -0.2) is 6.61 Å². The van der Waals surface area contributed by atoms with Gasteiger partial charge in [-0.15, -0.1) is 0 Å². The SMILES string of the molecule is C/C=C/COc1ccc(C2CCC([C@H]3CC[C@H](CCC)CC3)CC2)cc1. The maximum Gasteiger partial charge on any atom is 0.119 e. The normalized spacial score (nSPS) is 29.8. The first kappa shape index (κ1) is 19.5. The first-order chi connectivity index (χ1) is 12.8. The molecule has 0 unspecified atom stereocenters. The molecule has 2 aliphatic rings. The molecule has 0 radical (unpaired) electrons. The van der Waals surface area contributed by atoms with E-state index < -0.39 is 0 Å². The van der Waals surface area contributed by atoms with Crippen LogP contribution in [0.25, 0.3) is 0 Å². The largest absolute Gasteiger partial charge is 0.490 e. The zero-order valence-corrected chi connectivity index (χ0v) is 17.0. The van der Waals surface area contributed by atoms with E-state index in [9.17, 15) is 0 Å². The summed E-state index contributed by atoms with van der Waals surface area (Å²) < 4.78 is 5.72. The van der Waals surface area contributed by atoms with Crippen molar-refractivity contribution in [1.29, 1.82) is 0 Å². The Balaban J connectivity index is 1.43. The fourth-order valence-electron chi connectivity index (χ4n) is 5.36. The van der Waals surface area contributed by atoms with Crippen LogP contribution >= 0.6 is 0 Å². The molecular formula is C25H38O. The Bertz CT molecular complexity index is 528. The van der Waals surface area contributed by atoms with Crippen LogP contribution in [0.5, 0.6) is 5.75 Å². The van der Waals surface area contributed by atoms with Gasteiger partial charge in [-0.2, -0.15) is 0 Å². The fourth-order valence-corrected chi connectivity index (χ4v) is 5.36. The third-order valence-electron chi connectivity index (χ3n) is 6.96. The molecule has 144 valence electrons. The maximum absolute atomic E-state index is 5.72. The average Bonchev–Trinajstić information content (AvgIpc) is 2.70. The second kappa shape index (κ2) is 10.2. The van der Waals surface area contributed by atoms with Gasteiger partial charge in [-0.3, -0.25) is 0 Å². The zero-order chi connectivity index (χ0) is 18.2. The Morgan fingerprint density at radius 2 is 1.50 bits per heavy atom. The molecule has 1 aromatic rings. The number of hydrogen-bond donors (Lipinski definition) is 0. The Morgan fingerprint density at radius 3 is 2.08 bits per heavy atom. The van der Waals surface area contributed by atoms with Crippen molar-refractivity contribution in [3.63, 3.8) is 0 Å². The number of benzene rings is 1. The summed E-state index contributed by atoms with van der Waals surface area (Å²) in [7, 11) is 0. The number of ether oxygens (including phenoxy) is 1. The molecule has 2 aliphatic carbocycles. The molecule has 0 aromatic heterocycles. The summed E-state index contributed by atoms with van der Waals surface area (Å²) >= 11 is 0. The molecule has 0 spiro atoms. The van der Waals surface area contributed by atoms with Crippen LogP contribution in [0.1, 0.15) is 89.5 Å². The fraction of sp³-hybridized carbons (Fsp3) is 0.680. The Kier molecular flexibility index (Phi) is 7.65. The molecule has 0 atom stereocenters. The van der Waals surface area contributed by atoms with Gasteiger partial charge in [0.15, 0.2) is 0 Å². The van der Waals surface area contributed by atoms with E-state index in [1.165, 1.54) is 69.8 Å². The standard InChI is InChI=1S/C25H38O/c1-3-5-19-26-25-17-15-24(16-18-25)23-13-11-22(12-14-23)21-9-7-20(6-4-2)8-10-21/h3,5,15-18,20-23H,4,6-14,19H2,1-2H3/b5-3+/t20-,21-,22?,23?. The molecule has 0 N–H and O–H groups in total. The summed E-state index contributed by atoms with van der Waals surface area (Å²) in [6, 6.07) is 8.90. The molecule has 1 nitrogen and oxygen atoms in total. The Labute approximate surface area is 161 Å². The Morgan fingerprint density at radius 1 is 0.885 bits per heavy atom. The molecule has 0 aliphatic heterocycles. The van der Waals surface area contributed by atoms with Crippen LogP contribution in [-0.2, 0) is 0 Å². The molecule has 0 saturated heterocycles. The summed E-state index contributed by atoms with van der Waals surface area (Å²) in [5.41, 5.74) is 1.52. The lowest BCUT2D eigenvalue weighted by Gasteiger charge is -2.38. The molecule has 2 saturated carbocycles. The van der Waals surface area contributed by atoms with Gasteiger partial charge in [0.05, 0.1) is 0 Å². The molecule has 1 aromatic carbocycles. The van der Waals surface area contributed by atoms with E-state index in [0.29, 0.717) is 6.61 Å². The van der Waals surface area contributed by atoms with Crippen molar-refractivity contribution in [3.05, 3.63) is 42.0 Å². The van der Waals surface area contributed by atoms with Crippen LogP contribution in [0.3, 0.4) is 0 Å². The maximum atomic E-state index is 5.72. The van der Waals surface area contributed by atoms with E-state index in [2.05, 4.69) is 31.2 Å². The number of hydrogen-bond acceptors (Lipinski definition) is 1. The van der Waals surface area contributed by atoms with Crippen molar-refractivity contribution >= 4 is 0 Å². The third kappa shape index (κ3) is 5.38. The highest BCUT2D eigenvalue weighted by molar-refractivity contribution is 5.29. The molecule has 2 fully saturated rings. The minimum Gasteiger partial charge on any atom is -0.490 e. The highest BCUT2D eigenvalue weighted by Gasteiger charge is 2.31. The number of allylic oxidation sites excluding steroid dienone is 1. The van der Waals surface area contributed by atoms with E-state index in [0.717, 1.165) is 29.4 Å². The first-order valence-corrected chi connectivity index (χ1v) is 11.1. The Hall–Kier alpha value is -1.24. The van der Waals surface area contributed by atoms with Gasteiger partial charge in [-0.05, 0) is 86.8 Å². The topological polar surface area (TPSA) is 9.23 Å². The van der Waals surface area contributed by atoms with E-state index >= 15 is 0 Å². The molecule has 3 rings (SSSR count). The highest BCUT2D eigenvalue weighted by Crippen LogP contribution is 2.44. The lowest BCUT2D eigenvalue weighted by atomic mass is 9.68. The summed E-state index contributed by atoms with van der Waals surface area (Å²) in [5.74, 6) is 4.85. The zero-order valence-electron chi connectivity index (χ0n) is 17.0. The van der Waals surface area contributed by atoms with Gasteiger partial charge < -0.3 is 4.74 Å². The molecule has 0 amide bonds. The van der Waals surface area contributed by atoms with Crippen LogP contribution in [0, 0.1) is 17.8 Å². The van der Waals surface area contributed by atoms with Gasteiger partial charge in [0.2, 0.25) is 0 Å². The van der Waals surface area contributed by atoms with Gasteiger partial charge in [0.1, 0.15) is 12.4 Å². The van der Waals surface area contributed by atoms with Crippen LogP contribution < -0.4 is 4.74 Å². The van der Waals surface area contributed by atoms with Crippen molar-refractivity contribution in [3.8, 4) is 5.75 Å². The molecule has 26 heavy (non-hydrogen) atoms. The van der Waals surface area contributed by atoms with Crippen molar-refractivity contribution in [2.75, 3.05) is 6.61 Å². The third-order valence-corrected chi connectivity index (χ3v) is 6.96. The highest BCUT2D eigenvalue weighted by atomic mass is 16.5. The minimum atomic E-state index is 0.668. The van der Waals surface area contributed by atoms with Gasteiger partial charge in [0, 0.05) is 0 Å². The molecule has 1 heteroatoms. The van der Waals surface area contributed by atoms with E-state index in [1.807, 2.05) is 19.1 Å². The molecule has 0 heterocycles. The van der Waals surface area contributed by atoms with Crippen LogP contribution in [0.4, 0.5) is 0 Å². The van der Waals surface area contributed by atoms with Crippen LogP contribution in [0.2, 0.25) is 0 Å². The van der Waals surface area contributed by atoms with Gasteiger partial charge in [0.25, 0.3) is 0 Å². The molecule has 0 bridgehead atoms. The van der Waals surface area contributed by atoms with E-state index in [4.69, 9.17) is 4.74 Å². The second-order valence-corrected chi connectivity index (χ2v) is 8.63. The monoisotopic (exact) mass is 354 g/mol. The van der Waals surface area contributed by atoms with Crippen LogP contribution in [0.15, 0.2) is 36.4 Å². The summed E-state index contributed by atoms with van der Waals surface area (Å²) in [6.07, 6.45) is 18.6. The van der Waals surface area contributed by atoms with E-state index in [1.54, 1.807) is 0 Å². The number of rotatable bonds is 7. The summed E-state index contributed by atoms with van der Waals surface area (Å²) in [5, 5.41) is 0. The van der Waals surface area contributed by atoms with E-state index in [-0.39, 0.29) is 0 Å². The summed E-state index contributed by atoms with van der Waals surface area (Å²) in [4.78, 5) is 0. The predicted octanol–water partition coefficient (Wildman–Crippen LogP) is 7.52. The van der Waals surface area contributed by atoms with Gasteiger partial charge in [-0.1, -0.05) is 56.9 Å². The van der Waals surface area contributed by atoms with Gasteiger partial charge in [-0.25, -0.2) is 0 Å². The average molecular weight is 355 g/mol. The minimum absolute atomic E-state index is 0.668. The lowest BCUT2D eigenvalue weighted by molar-refractivity contribution is 0.156. The quantitative estimate of drug-likeness (QED) is 0.460.